The van der Waals surface area contributed by atoms with E-state index in [1.807, 2.05) is 36.5 Å². The van der Waals surface area contributed by atoms with Gasteiger partial charge in [0.05, 0.1) is 13.0 Å². The van der Waals surface area contributed by atoms with E-state index in [-0.39, 0.29) is 5.91 Å². The summed E-state index contributed by atoms with van der Waals surface area (Å²) in [6.07, 6.45) is 1.14. The number of hydrogen-bond acceptors (Lipinski definition) is 3. The predicted octanol–water partition coefficient (Wildman–Crippen LogP) is 3.54. The monoisotopic (exact) mass is 325 g/mol. The van der Waals surface area contributed by atoms with Crippen molar-refractivity contribution in [2.75, 3.05) is 12.4 Å². The normalized spacial score (nSPS) is 19.2. The van der Waals surface area contributed by atoms with Crippen molar-refractivity contribution in [3.8, 4) is 16.9 Å². The molecule has 6 heteroatoms. The maximum absolute atomic E-state index is 12.9. The quantitative estimate of drug-likeness (QED) is 0.771. The summed E-state index contributed by atoms with van der Waals surface area (Å²) in [6.45, 7) is 0. The first kappa shape index (κ1) is 14.7. The molecule has 2 atom stereocenters. The fourth-order valence-corrected chi connectivity index (χ4v) is 2.82. The zero-order chi connectivity index (χ0) is 16.7. The number of aromatic amines is 1. The number of para-hydroxylation sites is 1. The zero-order valence-corrected chi connectivity index (χ0v) is 13.0. The summed E-state index contributed by atoms with van der Waals surface area (Å²) in [6, 6.07) is 11.4. The van der Waals surface area contributed by atoms with Gasteiger partial charge in [0.25, 0.3) is 0 Å². The van der Waals surface area contributed by atoms with E-state index in [9.17, 15) is 9.18 Å². The number of H-pyrrole nitrogens is 1. The number of carbonyl (C=O) groups is 1. The molecule has 1 saturated carbocycles. The molecule has 1 aromatic carbocycles. The predicted molar refractivity (Wildman–Crippen MR) is 89.7 cm³/mol. The Bertz CT molecular complexity index is 922. The molecule has 122 valence electrons. The average molecular weight is 325 g/mol. The molecule has 0 aliphatic heterocycles. The van der Waals surface area contributed by atoms with Crippen LogP contribution in [0.2, 0.25) is 0 Å². The van der Waals surface area contributed by atoms with Crippen molar-refractivity contribution in [1.29, 1.82) is 0 Å². The molecule has 2 aromatic heterocycles. The van der Waals surface area contributed by atoms with E-state index in [0.717, 1.165) is 22.3 Å². The highest BCUT2D eigenvalue weighted by Gasteiger charge is 2.43. The molecule has 0 spiro atoms. The molecule has 2 N–H and O–H groups in total. The van der Waals surface area contributed by atoms with Gasteiger partial charge < -0.3 is 15.0 Å². The van der Waals surface area contributed by atoms with Crippen LogP contribution < -0.4 is 10.1 Å². The van der Waals surface area contributed by atoms with Gasteiger partial charge in [-0.05, 0) is 24.6 Å². The Balaban J connectivity index is 1.67. The summed E-state index contributed by atoms with van der Waals surface area (Å²) in [5.41, 5.74) is 2.59. The number of amides is 1. The highest BCUT2D eigenvalue weighted by atomic mass is 19.1. The summed E-state index contributed by atoms with van der Waals surface area (Å²) in [5.74, 6) is 0.347. The lowest BCUT2D eigenvalue weighted by Gasteiger charge is -2.07. The van der Waals surface area contributed by atoms with Gasteiger partial charge in [0, 0.05) is 22.7 Å². The van der Waals surface area contributed by atoms with Gasteiger partial charge in [0.15, 0.2) is 0 Å². The average Bonchev–Trinajstić information content (AvgIpc) is 3.19. The van der Waals surface area contributed by atoms with Crippen molar-refractivity contribution in [2.24, 2.45) is 5.92 Å². The summed E-state index contributed by atoms with van der Waals surface area (Å²) < 4.78 is 18.4. The van der Waals surface area contributed by atoms with E-state index < -0.39 is 12.1 Å². The van der Waals surface area contributed by atoms with Crippen molar-refractivity contribution in [3.05, 3.63) is 42.6 Å². The van der Waals surface area contributed by atoms with Gasteiger partial charge in [0.2, 0.25) is 5.91 Å². The number of fused-ring (bicyclic) bond motifs is 1. The Morgan fingerprint density at radius 1 is 1.29 bits per heavy atom. The number of rotatable bonds is 4. The number of ether oxygens (including phenoxy) is 1. The third-order valence-corrected chi connectivity index (χ3v) is 4.24. The minimum absolute atomic E-state index is 0.300. The van der Waals surface area contributed by atoms with E-state index in [4.69, 9.17) is 4.74 Å². The van der Waals surface area contributed by atoms with Gasteiger partial charge in [-0.2, -0.15) is 0 Å². The first-order valence-corrected chi connectivity index (χ1v) is 7.74. The number of nitrogens with zero attached hydrogens (tertiary/aromatic N) is 1. The second-order valence-electron chi connectivity index (χ2n) is 5.84. The lowest BCUT2D eigenvalue weighted by atomic mass is 10.0. The third-order valence-electron chi connectivity index (χ3n) is 4.24. The highest BCUT2D eigenvalue weighted by Crippen LogP contribution is 2.36. The van der Waals surface area contributed by atoms with E-state index >= 15 is 0 Å². The highest BCUT2D eigenvalue weighted by molar-refractivity contribution is 5.98. The second kappa shape index (κ2) is 5.63. The van der Waals surface area contributed by atoms with Crippen LogP contribution >= 0.6 is 0 Å². The molecule has 1 amide bonds. The van der Waals surface area contributed by atoms with Crippen LogP contribution in [0.25, 0.3) is 22.2 Å². The van der Waals surface area contributed by atoms with Crippen LogP contribution in [0, 0.1) is 5.92 Å². The number of alkyl halides is 1. The third kappa shape index (κ3) is 2.50. The molecule has 1 aliphatic carbocycles. The molecule has 0 saturated heterocycles. The Morgan fingerprint density at radius 3 is 2.83 bits per heavy atom. The van der Waals surface area contributed by atoms with Gasteiger partial charge in [0.1, 0.15) is 23.4 Å². The Kier molecular flexibility index (Phi) is 3.45. The lowest BCUT2D eigenvalue weighted by Crippen LogP contribution is -2.15. The summed E-state index contributed by atoms with van der Waals surface area (Å²) in [5, 5.41) is 3.59. The molecule has 0 unspecified atom stereocenters. The van der Waals surface area contributed by atoms with Gasteiger partial charge in [-0.25, -0.2) is 9.37 Å². The van der Waals surface area contributed by atoms with E-state index in [1.54, 1.807) is 13.2 Å². The molecule has 1 aliphatic rings. The van der Waals surface area contributed by atoms with Crippen molar-refractivity contribution >= 4 is 22.8 Å². The molecule has 2 heterocycles. The SMILES string of the molecule is COc1ccccc1-c1c[nH]c2nc(NC(=O)[C@H]3C[C@H]3F)ccc12. The van der Waals surface area contributed by atoms with Crippen molar-refractivity contribution in [3.63, 3.8) is 0 Å². The van der Waals surface area contributed by atoms with Gasteiger partial charge in [-0.15, -0.1) is 0 Å². The van der Waals surface area contributed by atoms with Gasteiger partial charge in [-0.1, -0.05) is 18.2 Å². The van der Waals surface area contributed by atoms with Crippen molar-refractivity contribution in [2.45, 2.75) is 12.6 Å². The molecular formula is C18H16FN3O2. The number of halogens is 1. The maximum Gasteiger partial charge on any atom is 0.231 e. The minimum atomic E-state index is -1.02. The van der Waals surface area contributed by atoms with Gasteiger partial charge >= 0.3 is 0 Å². The number of anilines is 1. The molecule has 4 rings (SSSR count). The smallest absolute Gasteiger partial charge is 0.231 e. The Hall–Kier alpha value is -2.89. The molecule has 3 aromatic rings. The fourth-order valence-electron chi connectivity index (χ4n) is 2.82. The van der Waals surface area contributed by atoms with Crippen LogP contribution in [0.3, 0.4) is 0 Å². The second-order valence-corrected chi connectivity index (χ2v) is 5.84. The van der Waals surface area contributed by atoms with Crippen LogP contribution in [-0.2, 0) is 4.79 Å². The summed E-state index contributed by atoms with van der Waals surface area (Å²) >= 11 is 0. The van der Waals surface area contributed by atoms with Crippen LogP contribution in [0.1, 0.15) is 6.42 Å². The van der Waals surface area contributed by atoms with E-state index in [2.05, 4.69) is 15.3 Å². The number of hydrogen-bond donors (Lipinski definition) is 2. The topological polar surface area (TPSA) is 67.0 Å². The molecule has 1 fully saturated rings. The minimum Gasteiger partial charge on any atom is -0.496 e. The van der Waals surface area contributed by atoms with E-state index in [0.29, 0.717) is 17.9 Å². The van der Waals surface area contributed by atoms with Crippen LogP contribution in [-0.4, -0.2) is 29.2 Å². The van der Waals surface area contributed by atoms with E-state index in [1.165, 1.54) is 0 Å². The Morgan fingerprint density at radius 2 is 2.08 bits per heavy atom. The summed E-state index contributed by atoms with van der Waals surface area (Å²) in [7, 11) is 1.63. The molecule has 24 heavy (non-hydrogen) atoms. The lowest BCUT2D eigenvalue weighted by molar-refractivity contribution is -0.117. The summed E-state index contributed by atoms with van der Waals surface area (Å²) in [4.78, 5) is 19.3. The largest absolute Gasteiger partial charge is 0.496 e. The maximum atomic E-state index is 12.9. The number of pyridine rings is 1. The number of nitrogens with one attached hydrogen (secondary N) is 2. The fraction of sp³-hybridized carbons (Fsp3) is 0.222. The molecular weight excluding hydrogens is 309 g/mol. The molecule has 0 radical (unpaired) electrons. The molecule has 0 bridgehead atoms. The number of carbonyl (C=O) groups excluding carboxylic acids is 1. The van der Waals surface area contributed by atoms with Crippen molar-refractivity contribution < 1.29 is 13.9 Å². The first-order chi connectivity index (χ1) is 11.7. The number of methoxy groups -OCH3 is 1. The first-order valence-electron chi connectivity index (χ1n) is 7.74. The zero-order valence-electron chi connectivity index (χ0n) is 13.0. The molecule has 5 nitrogen and oxygen atoms in total. The number of benzene rings is 1. The standard InChI is InChI=1S/C18H16FN3O2/c1-24-15-5-3-2-4-10(15)13-9-20-17-11(13)6-7-16(21-17)22-18(23)12-8-14(12)19/h2-7,9,12,14H,8H2,1H3,(H2,20,21,22,23)/t12-,14+/m0/s1. The van der Waals surface area contributed by atoms with Gasteiger partial charge in [-0.3, -0.25) is 4.79 Å². The van der Waals surface area contributed by atoms with Crippen LogP contribution in [0.5, 0.6) is 5.75 Å². The van der Waals surface area contributed by atoms with Crippen LogP contribution in [0.15, 0.2) is 42.6 Å². The van der Waals surface area contributed by atoms with Crippen LogP contribution in [0.4, 0.5) is 10.2 Å². The van der Waals surface area contributed by atoms with Crippen molar-refractivity contribution in [1.82, 2.24) is 9.97 Å². The number of aromatic nitrogens is 2. The Labute approximate surface area is 137 Å².